The quantitative estimate of drug-likeness (QED) is 0.0561. The van der Waals surface area contributed by atoms with Crippen molar-refractivity contribution in [3.63, 3.8) is 0 Å². The fourth-order valence-electron chi connectivity index (χ4n) is 3.59. The van der Waals surface area contributed by atoms with Gasteiger partial charge in [0.1, 0.15) is 30.6 Å². The molecule has 256 valence electrons. The summed E-state index contributed by atoms with van der Waals surface area (Å²) >= 11 is 0. The number of nitrogens with zero attached hydrogens (tertiary/aromatic N) is 3. The van der Waals surface area contributed by atoms with E-state index < -0.39 is 35.8 Å². The molecule has 0 fully saturated rings. The van der Waals surface area contributed by atoms with Crippen molar-refractivity contribution in [2.24, 2.45) is 5.11 Å². The lowest BCUT2D eigenvalue weighted by molar-refractivity contribution is -0.126. The zero-order chi connectivity index (χ0) is 34.4. The topological polar surface area (TPSA) is 231 Å². The predicted molar refractivity (Wildman–Crippen MR) is 167 cm³/mol. The number of azide groups is 1. The largest absolute Gasteiger partial charge is 0.491 e. The molecule has 0 saturated carbocycles. The van der Waals surface area contributed by atoms with Crippen molar-refractivity contribution < 1.29 is 42.9 Å². The Morgan fingerprint density at radius 1 is 1.00 bits per heavy atom. The van der Waals surface area contributed by atoms with E-state index in [4.69, 9.17) is 24.5 Å². The standard InChI is InChI=1S/C29H46N8O9/c1-20(38)32-12-7-6-11-23(35-28(42)46-29(2,3)4)27(41)34-14-13-33-26(40)21-9-8-10-22(17-21)45-19-25(36-37-30)44-16-15-43-18-24(39)31-5/h8-10,17,23,25H,6-7,11-16,18-19H2,1-5H3,(H,31,39)(H,32,38)(H,33,40)(H,34,41)(H,35,42). The lowest BCUT2D eigenvalue weighted by Crippen LogP contribution is -2.49. The second-order valence-corrected chi connectivity index (χ2v) is 10.8. The average molecular weight is 651 g/mol. The maximum absolute atomic E-state index is 12.8. The van der Waals surface area contributed by atoms with Gasteiger partial charge in [0, 0.05) is 44.1 Å². The first-order valence-electron chi connectivity index (χ1n) is 14.8. The maximum Gasteiger partial charge on any atom is 0.408 e. The van der Waals surface area contributed by atoms with Crippen LogP contribution in [-0.2, 0) is 28.6 Å². The summed E-state index contributed by atoms with van der Waals surface area (Å²) in [5.41, 5.74) is 8.35. The molecule has 0 aliphatic rings. The second kappa shape index (κ2) is 22.0. The first kappa shape index (κ1) is 39.4. The Bertz CT molecular complexity index is 1190. The molecule has 0 saturated heterocycles. The molecule has 1 rings (SSSR count). The van der Waals surface area contributed by atoms with Gasteiger partial charge >= 0.3 is 6.09 Å². The number of likely N-dealkylation sites (N-methyl/N-ethyl adjacent to an activating group) is 1. The summed E-state index contributed by atoms with van der Waals surface area (Å²) in [6.45, 7) is 7.10. The van der Waals surface area contributed by atoms with E-state index in [2.05, 4.69) is 36.6 Å². The Morgan fingerprint density at radius 2 is 1.74 bits per heavy atom. The maximum atomic E-state index is 12.8. The fraction of sp³-hybridized carbons (Fsp3) is 0.621. The van der Waals surface area contributed by atoms with E-state index in [1.807, 2.05) is 0 Å². The smallest absolute Gasteiger partial charge is 0.408 e. The molecule has 5 amide bonds. The van der Waals surface area contributed by atoms with Crippen LogP contribution in [0.5, 0.6) is 5.75 Å². The van der Waals surface area contributed by atoms with Crippen molar-refractivity contribution in [2.45, 2.75) is 64.8 Å². The molecule has 0 heterocycles. The zero-order valence-electron chi connectivity index (χ0n) is 27.1. The van der Waals surface area contributed by atoms with Gasteiger partial charge in [0.05, 0.1) is 13.2 Å². The zero-order valence-corrected chi connectivity index (χ0v) is 27.1. The van der Waals surface area contributed by atoms with Crippen LogP contribution in [0.2, 0.25) is 0 Å². The number of rotatable bonds is 21. The summed E-state index contributed by atoms with van der Waals surface area (Å²) in [6.07, 6.45) is -0.199. The number of hydrogen-bond donors (Lipinski definition) is 5. The summed E-state index contributed by atoms with van der Waals surface area (Å²) in [7, 11) is 1.49. The number of carbonyl (C=O) groups is 5. The lowest BCUT2D eigenvalue weighted by Gasteiger charge is -2.23. The normalized spacial score (nSPS) is 12.0. The third-order valence-electron chi connectivity index (χ3n) is 5.73. The van der Waals surface area contributed by atoms with E-state index in [9.17, 15) is 24.0 Å². The van der Waals surface area contributed by atoms with Crippen LogP contribution in [0.1, 0.15) is 57.3 Å². The Kier molecular flexibility index (Phi) is 18.8. The summed E-state index contributed by atoms with van der Waals surface area (Å²) in [5.74, 6) is -0.965. The lowest BCUT2D eigenvalue weighted by atomic mass is 10.1. The van der Waals surface area contributed by atoms with E-state index >= 15 is 0 Å². The van der Waals surface area contributed by atoms with Gasteiger partial charge in [0.25, 0.3) is 5.91 Å². The van der Waals surface area contributed by atoms with Gasteiger partial charge in [-0.1, -0.05) is 11.2 Å². The number of nitrogens with one attached hydrogen (secondary N) is 5. The molecular formula is C29H46N8O9. The van der Waals surface area contributed by atoms with Crippen LogP contribution in [-0.4, -0.2) is 101 Å². The molecule has 0 aliphatic heterocycles. The van der Waals surface area contributed by atoms with Crippen molar-refractivity contribution in [1.29, 1.82) is 0 Å². The average Bonchev–Trinajstić information content (AvgIpc) is 2.99. The third-order valence-corrected chi connectivity index (χ3v) is 5.73. The van der Waals surface area contributed by atoms with Crippen LogP contribution in [0.3, 0.4) is 0 Å². The summed E-state index contributed by atoms with van der Waals surface area (Å²) in [5, 5.41) is 16.6. The monoisotopic (exact) mass is 650 g/mol. The second-order valence-electron chi connectivity index (χ2n) is 10.8. The molecule has 17 heteroatoms. The summed E-state index contributed by atoms with van der Waals surface area (Å²) in [4.78, 5) is 62.8. The highest BCUT2D eigenvalue weighted by Crippen LogP contribution is 2.14. The third kappa shape index (κ3) is 18.9. The number of alkyl carbamates (subject to hydrolysis) is 1. The van der Waals surface area contributed by atoms with Gasteiger partial charge in [-0.2, -0.15) is 0 Å². The molecule has 2 unspecified atom stereocenters. The molecule has 0 aromatic heterocycles. The number of carbonyl (C=O) groups excluding carboxylic acids is 5. The van der Waals surface area contributed by atoms with Crippen molar-refractivity contribution in [3.05, 3.63) is 40.3 Å². The van der Waals surface area contributed by atoms with Gasteiger partial charge in [0.15, 0.2) is 6.23 Å². The van der Waals surface area contributed by atoms with Gasteiger partial charge in [-0.05, 0) is 63.8 Å². The minimum Gasteiger partial charge on any atom is -0.491 e. The van der Waals surface area contributed by atoms with Crippen molar-refractivity contribution in [2.75, 3.05) is 53.1 Å². The highest BCUT2D eigenvalue weighted by Gasteiger charge is 2.24. The van der Waals surface area contributed by atoms with E-state index in [1.54, 1.807) is 39.0 Å². The molecule has 0 radical (unpaired) electrons. The Labute approximate surface area is 268 Å². The van der Waals surface area contributed by atoms with Crippen LogP contribution in [0.25, 0.3) is 10.4 Å². The van der Waals surface area contributed by atoms with Gasteiger partial charge in [-0.15, -0.1) is 0 Å². The van der Waals surface area contributed by atoms with Gasteiger partial charge in [-0.3, -0.25) is 19.2 Å². The Balaban J connectivity index is 2.57. The highest BCUT2D eigenvalue weighted by atomic mass is 16.6. The van der Waals surface area contributed by atoms with Crippen molar-refractivity contribution in [3.8, 4) is 5.75 Å². The van der Waals surface area contributed by atoms with E-state index in [1.165, 1.54) is 20.0 Å². The van der Waals surface area contributed by atoms with E-state index in [0.717, 1.165) is 0 Å². The molecule has 5 N–H and O–H groups in total. The Hall–Kier alpha value is -4.60. The highest BCUT2D eigenvalue weighted by molar-refractivity contribution is 5.94. The van der Waals surface area contributed by atoms with Gasteiger partial charge in [-0.25, -0.2) is 4.79 Å². The van der Waals surface area contributed by atoms with E-state index in [0.29, 0.717) is 31.6 Å². The Morgan fingerprint density at radius 3 is 2.41 bits per heavy atom. The first-order valence-corrected chi connectivity index (χ1v) is 14.8. The minimum absolute atomic E-state index is 0.0550. The van der Waals surface area contributed by atoms with Crippen molar-refractivity contribution >= 4 is 29.7 Å². The van der Waals surface area contributed by atoms with Crippen LogP contribution in [0.4, 0.5) is 4.79 Å². The number of amides is 5. The van der Waals surface area contributed by atoms with Gasteiger partial charge < -0.3 is 45.5 Å². The van der Waals surface area contributed by atoms with Crippen molar-refractivity contribution in [1.82, 2.24) is 26.6 Å². The number of ether oxygens (including phenoxy) is 4. The molecule has 17 nitrogen and oxygen atoms in total. The number of unbranched alkanes of at least 4 members (excludes halogenated alkanes) is 1. The molecular weight excluding hydrogens is 604 g/mol. The fourth-order valence-corrected chi connectivity index (χ4v) is 3.59. The summed E-state index contributed by atoms with van der Waals surface area (Å²) < 4.78 is 21.5. The molecule has 0 bridgehead atoms. The molecule has 46 heavy (non-hydrogen) atoms. The van der Waals surface area contributed by atoms with Crippen LogP contribution in [0, 0.1) is 0 Å². The van der Waals surface area contributed by atoms with Crippen LogP contribution in [0.15, 0.2) is 29.4 Å². The first-order chi connectivity index (χ1) is 21.8. The summed E-state index contributed by atoms with van der Waals surface area (Å²) in [6, 6.07) is 5.43. The number of hydrogen-bond acceptors (Lipinski definition) is 10. The molecule has 1 aromatic rings. The molecule has 0 spiro atoms. The predicted octanol–water partition coefficient (Wildman–Crippen LogP) is 1.53. The van der Waals surface area contributed by atoms with Crippen LogP contribution >= 0.6 is 0 Å². The molecule has 0 aliphatic carbocycles. The number of benzene rings is 1. The van der Waals surface area contributed by atoms with E-state index in [-0.39, 0.29) is 56.9 Å². The van der Waals surface area contributed by atoms with Gasteiger partial charge in [0.2, 0.25) is 17.7 Å². The minimum atomic E-state index is -0.972. The van der Waals surface area contributed by atoms with Crippen LogP contribution < -0.4 is 31.3 Å². The molecule has 1 aromatic carbocycles. The SMILES string of the molecule is CNC(=O)COCCOC(COc1cccc(C(=O)NCCNC(=O)C(CCCCNC(C)=O)NC(=O)OC(C)(C)C)c1)N=[N+]=[N-]. The molecule has 2 atom stereocenters.